The third-order valence-corrected chi connectivity index (χ3v) is 4.81. The van der Waals surface area contributed by atoms with Gasteiger partial charge < -0.3 is 15.2 Å². The third kappa shape index (κ3) is 3.69. The first kappa shape index (κ1) is 14.3. The van der Waals surface area contributed by atoms with Crippen molar-refractivity contribution >= 4 is 0 Å². The Morgan fingerprint density at radius 1 is 1.22 bits per heavy atom. The van der Waals surface area contributed by atoms with E-state index in [0.29, 0.717) is 30.6 Å². The Morgan fingerprint density at radius 3 is 2.50 bits per heavy atom. The van der Waals surface area contributed by atoms with Gasteiger partial charge in [-0.25, -0.2) is 0 Å². The molecule has 2 aliphatic rings. The van der Waals surface area contributed by atoms with Crippen LogP contribution in [0.3, 0.4) is 0 Å². The van der Waals surface area contributed by atoms with E-state index in [-0.39, 0.29) is 0 Å². The first-order chi connectivity index (χ1) is 8.40. The van der Waals surface area contributed by atoms with E-state index in [1.54, 1.807) is 0 Å². The molecule has 0 aromatic carbocycles. The maximum Gasteiger partial charge on any atom is 0.0815 e. The van der Waals surface area contributed by atoms with E-state index >= 15 is 0 Å². The molecule has 0 bridgehead atoms. The molecule has 106 valence electrons. The lowest BCUT2D eigenvalue weighted by molar-refractivity contribution is -0.0645. The molecule has 2 fully saturated rings. The van der Waals surface area contributed by atoms with Gasteiger partial charge in [0.05, 0.1) is 5.60 Å². The smallest absolute Gasteiger partial charge is 0.0815 e. The lowest BCUT2D eigenvalue weighted by atomic mass is 9.70. The van der Waals surface area contributed by atoms with Gasteiger partial charge in [-0.1, -0.05) is 20.8 Å². The molecule has 2 rings (SSSR count). The Bertz CT molecular complexity index is 272. The van der Waals surface area contributed by atoms with Crippen LogP contribution in [0.2, 0.25) is 0 Å². The molecule has 2 atom stereocenters. The Kier molecular flexibility index (Phi) is 4.35. The summed E-state index contributed by atoms with van der Waals surface area (Å²) in [5, 5.41) is 14.1. The maximum absolute atomic E-state index is 10.4. The molecule has 0 radical (unpaired) electrons. The minimum absolute atomic E-state index is 0.493. The Labute approximate surface area is 111 Å². The fourth-order valence-electron chi connectivity index (χ4n) is 3.50. The number of rotatable bonds is 3. The van der Waals surface area contributed by atoms with Crippen molar-refractivity contribution in [1.29, 1.82) is 0 Å². The van der Waals surface area contributed by atoms with Crippen LogP contribution < -0.4 is 5.32 Å². The first-order valence-electron chi connectivity index (χ1n) is 7.44. The lowest BCUT2D eigenvalue weighted by Crippen LogP contribution is -2.50. The molecule has 2 unspecified atom stereocenters. The number of hydrogen-bond acceptors (Lipinski definition) is 3. The summed E-state index contributed by atoms with van der Waals surface area (Å²) in [6.45, 7) is 9.20. The van der Waals surface area contributed by atoms with Gasteiger partial charge in [-0.15, -0.1) is 0 Å². The molecule has 1 aliphatic heterocycles. The molecule has 1 saturated carbocycles. The lowest BCUT2D eigenvalue weighted by Gasteiger charge is -2.41. The fraction of sp³-hybridized carbons (Fsp3) is 1.00. The minimum Gasteiger partial charge on any atom is -0.388 e. The van der Waals surface area contributed by atoms with Gasteiger partial charge in [-0.3, -0.25) is 0 Å². The van der Waals surface area contributed by atoms with E-state index < -0.39 is 5.60 Å². The van der Waals surface area contributed by atoms with Gasteiger partial charge in [0.15, 0.2) is 0 Å². The molecule has 2 N–H and O–H groups in total. The van der Waals surface area contributed by atoms with E-state index in [4.69, 9.17) is 4.74 Å². The van der Waals surface area contributed by atoms with Gasteiger partial charge in [0, 0.05) is 38.6 Å². The van der Waals surface area contributed by atoms with Crippen LogP contribution in [0.25, 0.3) is 0 Å². The first-order valence-corrected chi connectivity index (χ1v) is 7.44. The average molecular weight is 255 g/mol. The van der Waals surface area contributed by atoms with Gasteiger partial charge >= 0.3 is 0 Å². The number of aliphatic hydroxyl groups is 1. The monoisotopic (exact) mass is 255 g/mol. The van der Waals surface area contributed by atoms with Crippen molar-refractivity contribution in [2.45, 2.75) is 64.5 Å². The molecular formula is C15H29NO2. The molecule has 1 aliphatic carbocycles. The van der Waals surface area contributed by atoms with Crippen molar-refractivity contribution in [1.82, 2.24) is 5.32 Å². The van der Waals surface area contributed by atoms with Crippen LogP contribution in [0, 0.1) is 11.3 Å². The highest BCUT2D eigenvalue weighted by molar-refractivity contribution is 4.90. The van der Waals surface area contributed by atoms with Crippen LogP contribution in [-0.2, 0) is 4.74 Å². The predicted molar refractivity (Wildman–Crippen MR) is 73.6 cm³/mol. The van der Waals surface area contributed by atoms with Gasteiger partial charge in [-0.05, 0) is 30.6 Å². The molecule has 0 amide bonds. The van der Waals surface area contributed by atoms with Crippen LogP contribution in [-0.4, -0.2) is 36.5 Å². The topological polar surface area (TPSA) is 41.5 Å². The summed E-state index contributed by atoms with van der Waals surface area (Å²) in [5.74, 6) is 0.706. The highest BCUT2D eigenvalue weighted by atomic mass is 16.5. The molecule has 0 aromatic heterocycles. The highest BCUT2D eigenvalue weighted by Gasteiger charge is 2.35. The zero-order valence-corrected chi connectivity index (χ0v) is 12.2. The van der Waals surface area contributed by atoms with Crippen molar-refractivity contribution in [3.8, 4) is 0 Å². The van der Waals surface area contributed by atoms with Gasteiger partial charge in [0.2, 0.25) is 0 Å². The minimum atomic E-state index is -0.537. The summed E-state index contributed by atoms with van der Waals surface area (Å²) < 4.78 is 5.32. The van der Waals surface area contributed by atoms with E-state index in [9.17, 15) is 5.11 Å². The summed E-state index contributed by atoms with van der Waals surface area (Å²) in [6, 6.07) is 0.574. The predicted octanol–water partition coefficient (Wildman–Crippen LogP) is 2.33. The summed E-state index contributed by atoms with van der Waals surface area (Å²) >= 11 is 0. The highest BCUT2D eigenvalue weighted by Crippen LogP contribution is 2.38. The van der Waals surface area contributed by atoms with Gasteiger partial charge in [0.1, 0.15) is 0 Å². The normalized spacial score (nSPS) is 35.3. The standard InChI is InChI=1S/C15H29NO2/c1-12-10-14(2,3)5-4-13(12)16-11-15(17)6-8-18-9-7-15/h12-13,16-17H,4-11H2,1-3H3. The van der Waals surface area contributed by atoms with Crippen LogP contribution in [0.15, 0.2) is 0 Å². The number of ether oxygens (including phenoxy) is 1. The Morgan fingerprint density at radius 2 is 1.89 bits per heavy atom. The van der Waals surface area contributed by atoms with E-state index in [1.807, 2.05) is 0 Å². The zero-order chi connectivity index (χ0) is 13.2. The average Bonchev–Trinajstić information content (AvgIpc) is 2.28. The summed E-state index contributed by atoms with van der Waals surface area (Å²) in [4.78, 5) is 0. The largest absolute Gasteiger partial charge is 0.388 e. The Balaban J connectivity index is 1.80. The second-order valence-electron chi connectivity index (χ2n) is 7.21. The van der Waals surface area contributed by atoms with Crippen LogP contribution >= 0.6 is 0 Å². The quantitative estimate of drug-likeness (QED) is 0.813. The summed E-state index contributed by atoms with van der Waals surface area (Å²) in [6.07, 6.45) is 5.35. The Hall–Kier alpha value is -0.120. The second-order valence-corrected chi connectivity index (χ2v) is 7.21. The third-order valence-electron chi connectivity index (χ3n) is 4.81. The molecule has 0 aromatic rings. The molecular weight excluding hydrogens is 226 g/mol. The molecule has 18 heavy (non-hydrogen) atoms. The van der Waals surface area contributed by atoms with Crippen molar-refractivity contribution in [2.24, 2.45) is 11.3 Å². The second kappa shape index (κ2) is 5.48. The van der Waals surface area contributed by atoms with Crippen molar-refractivity contribution < 1.29 is 9.84 Å². The SMILES string of the molecule is CC1CC(C)(C)CCC1NCC1(O)CCOCC1. The van der Waals surface area contributed by atoms with Crippen molar-refractivity contribution in [2.75, 3.05) is 19.8 Å². The molecule has 3 heteroatoms. The zero-order valence-electron chi connectivity index (χ0n) is 12.2. The van der Waals surface area contributed by atoms with Crippen molar-refractivity contribution in [3.05, 3.63) is 0 Å². The molecule has 0 spiro atoms. The van der Waals surface area contributed by atoms with E-state index in [0.717, 1.165) is 19.4 Å². The summed E-state index contributed by atoms with van der Waals surface area (Å²) in [7, 11) is 0. The summed E-state index contributed by atoms with van der Waals surface area (Å²) in [5.41, 5.74) is -0.0435. The fourth-order valence-corrected chi connectivity index (χ4v) is 3.50. The van der Waals surface area contributed by atoms with E-state index in [1.165, 1.54) is 19.3 Å². The van der Waals surface area contributed by atoms with Gasteiger partial charge in [-0.2, -0.15) is 0 Å². The molecule has 3 nitrogen and oxygen atoms in total. The number of hydrogen-bond donors (Lipinski definition) is 2. The number of nitrogens with one attached hydrogen (secondary N) is 1. The van der Waals surface area contributed by atoms with Crippen LogP contribution in [0.4, 0.5) is 0 Å². The molecule has 1 heterocycles. The van der Waals surface area contributed by atoms with Gasteiger partial charge in [0.25, 0.3) is 0 Å². The van der Waals surface area contributed by atoms with Crippen molar-refractivity contribution in [3.63, 3.8) is 0 Å². The van der Waals surface area contributed by atoms with E-state index in [2.05, 4.69) is 26.1 Å². The maximum atomic E-state index is 10.4. The molecule has 1 saturated heterocycles. The van der Waals surface area contributed by atoms with Crippen LogP contribution in [0.5, 0.6) is 0 Å². The van der Waals surface area contributed by atoms with Crippen LogP contribution in [0.1, 0.15) is 52.9 Å².